The average molecular weight is 198 g/mol. The van der Waals surface area contributed by atoms with Crippen LogP contribution in [0.3, 0.4) is 0 Å². The maximum Gasteiger partial charge on any atom is 0.182 e. The highest BCUT2D eigenvalue weighted by Gasteiger charge is 2.04. The zero-order valence-corrected chi connectivity index (χ0v) is 7.62. The molecule has 6 heteroatoms. The van der Waals surface area contributed by atoms with Crippen LogP contribution in [0.2, 0.25) is 0 Å². The number of H-pyrrole nitrogens is 1. The molecule has 0 fully saturated rings. The SMILES string of the molecule is c1cnc(-c2ncc3[nH]cnc3n2)cn1. The number of nitrogens with zero attached hydrogens (tertiary/aromatic N) is 5. The van der Waals surface area contributed by atoms with Gasteiger partial charge < -0.3 is 4.98 Å². The molecular weight excluding hydrogens is 192 g/mol. The molecule has 0 radical (unpaired) electrons. The zero-order valence-electron chi connectivity index (χ0n) is 7.62. The van der Waals surface area contributed by atoms with Crippen molar-refractivity contribution in [1.82, 2.24) is 29.9 Å². The Kier molecular flexibility index (Phi) is 1.64. The molecule has 0 aromatic carbocycles. The Morgan fingerprint density at radius 1 is 1.00 bits per heavy atom. The Hall–Kier alpha value is -2.37. The van der Waals surface area contributed by atoms with Crippen LogP contribution in [0.15, 0.2) is 31.1 Å². The Morgan fingerprint density at radius 2 is 2.00 bits per heavy atom. The molecule has 3 aromatic rings. The molecule has 0 saturated heterocycles. The van der Waals surface area contributed by atoms with E-state index in [0.717, 1.165) is 5.52 Å². The zero-order chi connectivity index (χ0) is 10.1. The first kappa shape index (κ1) is 7.98. The van der Waals surface area contributed by atoms with Crippen molar-refractivity contribution in [3.63, 3.8) is 0 Å². The number of hydrogen-bond acceptors (Lipinski definition) is 5. The van der Waals surface area contributed by atoms with Gasteiger partial charge in [-0.15, -0.1) is 0 Å². The second-order valence-corrected chi connectivity index (χ2v) is 2.92. The van der Waals surface area contributed by atoms with Crippen LogP contribution in [0.25, 0.3) is 22.7 Å². The summed E-state index contributed by atoms with van der Waals surface area (Å²) in [6.45, 7) is 0. The Bertz CT molecular complexity index is 588. The van der Waals surface area contributed by atoms with Crippen molar-refractivity contribution in [3.05, 3.63) is 31.1 Å². The van der Waals surface area contributed by atoms with Gasteiger partial charge in [0.25, 0.3) is 0 Å². The van der Waals surface area contributed by atoms with Gasteiger partial charge in [0.2, 0.25) is 0 Å². The summed E-state index contributed by atoms with van der Waals surface area (Å²) >= 11 is 0. The van der Waals surface area contributed by atoms with Gasteiger partial charge in [-0.05, 0) is 0 Å². The smallest absolute Gasteiger partial charge is 0.182 e. The minimum Gasteiger partial charge on any atom is -0.342 e. The monoisotopic (exact) mass is 198 g/mol. The quantitative estimate of drug-likeness (QED) is 0.625. The van der Waals surface area contributed by atoms with Crippen LogP contribution in [0.1, 0.15) is 0 Å². The van der Waals surface area contributed by atoms with E-state index in [-0.39, 0.29) is 0 Å². The van der Waals surface area contributed by atoms with E-state index in [4.69, 9.17) is 0 Å². The maximum absolute atomic E-state index is 4.25. The lowest BCUT2D eigenvalue weighted by atomic mass is 10.4. The maximum atomic E-state index is 4.25. The van der Waals surface area contributed by atoms with Crippen molar-refractivity contribution in [1.29, 1.82) is 0 Å². The molecule has 3 aromatic heterocycles. The number of hydrogen-bond donors (Lipinski definition) is 1. The molecule has 15 heavy (non-hydrogen) atoms. The molecule has 3 heterocycles. The normalized spacial score (nSPS) is 10.7. The first-order valence-corrected chi connectivity index (χ1v) is 4.36. The molecule has 0 spiro atoms. The van der Waals surface area contributed by atoms with E-state index in [0.29, 0.717) is 17.2 Å². The summed E-state index contributed by atoms with van der Waals surface area (Å²) in [7, 11) is 0. The van der Waals surface area contributed by atoms with Crippen LogP contribution in [0.4, 0.5) is 0 Å². The van der Waals surface area contributed by atoms with Crippen molar-refractivity contribution < 1.29 is 0 Å². The third kappa shape index (κ3) is 1.32. The molecule has 1 N–H and O–H groups in total. The molecular formula is C9H6N6. The van der Waals surface area contributed by atoms with Crippen molar-refractivity contribution in [2.45, 2.75) is 0 Å². The van der Waals surface area contributed by atoms with E-state index in [1.807, 2.05) is 0 Å². The number of rotatable bonds is 1. The van der Waals surface area contributed by atoms with Gasteiger partial charge in [-0.1, -0.05) is 0 Å². The van der Waals surface area contributed by atoms with Gasteiger partial charge >= 0.3 is 0 Å². The molecule has 0 unspecified atom stereocenters. The summed E-state index contributed by atoms with van der Waals surface area (Å²) in [6.07, 6.45) is 8.09. The number of imidazole rings is 1. The van der Waals surface area contributed by atoms with Gasteiger partial charge in [-0.25, -0.2) is 19.9 Å². The van der Waals surface area contributed by atoms with Crippen LogP contribution >= 0.6 is 0 Å². The van der Waals surface area contributed by atoms with Crippen LogP contribution in [0, 0.1) is 0 Å². The molecule has 0 aliphatic carbocycles. The van der Waals surface area contributed by atoms with Gasteiger partial charge in [0, 0.05) is 12.4 Å². The second-order valence-electron chi connectivity index (χ2n) is 2.92. The first-order valence-electron chi connectivity index (χ1n) is 4.36. The van der Waals surface area contributed by atoms with Gasteiger partial charge in [-0.3, -0.25) is 4.98 Å². The summed E-state index contributed by atoms with van der Waals surface area (Å²) in [6, 6.07) is 0. The van der Waals surface area contributed by atoms with E-state index in [1.165, 1.54) is 0 Å². The highest BCUT2D eigenvalue weighted by molar-refractivity contribution is 5.70. The van der Waals surface area contributed by atoms with Crippen LogP contribution < -0.4 is 0 Å². The summed E-state index contributed by atoms with van der Waals surface area (Å²) in [5.74, 6) is 0.530. The third-order valence-corrected chi connectivity index (χ3v) is 1.97. The summed E-state index contributed by atoms with van der Waals surface area (Å²) < 4.78 is 0. The van der Waals surface area contributed by atoms with Crippen molar-refractivity contribution in [2.75, 3.05) is 0 Å². The van der Waals surface area contributed by atoms with Crippen LogP contribution in [0.5, 0.6) is 0 Å². The molecule has 72 valence electrons. The standard InChI is InChI=1S/C9H6N6/c1-2-11-6(3-10-1)8-12-4-7-9(15-8)14-5-13-7/h1-5H,(H,12,13,14,15). The Labute approximate surface area is 84.5 Å². The lowest BCUT2D eigenvalue weighted by Crippen LogP contribution is -1.92. The van der Waals surface area contributed by atoms with Gasteiger partial charge in [0.05, 0.1) is 18.7 Å². The molecule has 0 amide bonds. The fraction of sp³-hybridized carbons (Fsp3) is 0. The lowest BCUT2D eigenvalue weighted by Gasteiger charge is -1.96. The summed E-state index contributed by atoms with van der Waals surface area (Å²) in [5.41, 5.74) is 2.08. The van der Waals surface area contributed by atoms with Crippen molar-refractivity contribution in [2.24, 2.45) is 0 Å². The minimum atomic E-state index is 0.530. The molecule has 6 nitrogen and oxygen atoms in total. The number of fused-ring (bicyclic) bond motifs is 1. The van der Waals surface area contributed by atoms with Crippen molar-refractivity contribution >= 4 is 11.2 Å². The fourth-order valence-electron chi connectivity index (χ4n) is 1.27. The predicted molar refractivity (Wildman–Crippen MR) is 52.7 cm³/mol. The highest BCUT2D eigenvalue weighted by atomic mass is 15.0. The van der Waals surface area contributed by atoms with Crippen molar-refractivity contribution in [3.8, 4) is 11.5 Å². The van der Waals surface area contributed by atoms with Crippen LogP contribution in [-0.2, 0) is 0 Å². The van der Waals surface area contributed by atoms with E-state index >= 15 is 0 Å². The second kappa shape index (κ2) is 3.09. The number of aromatic nitrogens is 6. The topological polar surface area (TPSA) is 80.2 Å². The van der Waals surface area contributed by atoms with E-state index in [1.54, 1.807) is 31.1 Å². The molecule has 0 saturated carbocycles. The highest BCUT2D eigenvalue weighted by Crippen LogP contribution is 2.12. The van der Waals surface area contributed by atoms with Gasteiger partial charge in [-0.2, -0.15) is 0 Å². The summed E-state index contributed by atoms with van der Waals surface area (Å²) in [4.78, 5) is 23.5. The fourth-order valence-corrected chi connectivity index (χ4v) is 1.27. The lowest BCUT2D eigenvalue weighted by molar-refractivity contribution is 1.13. The number of aromatic amines is 1. The first-order chi connectivity index (χ1) is 7.43. The van der Waals surface area contributed by atoms with Crippen LogP contribution in [-0.4, -0.2) is 29.9 Å². The average Bonchev–Trinajstić information content (AvgIpc) is 2.77. The summed E-state index contributed by atoms with van der Waals surface area (Å²) in [5, 5.41) is 0. The van der Waals surface area contributed by atoms with E-state index < -0.39 is 0 Å². The molecule has 3 rings (SSSR count). The van der Waals surface area contributed by atoms with Gasteiger partial charge in [0.15, 0.2) is 11.5 Å². The molecule has 0 aliphatic heterocycles. The predicted octanol–water partition coefficient (Wildman–Crippen LogP) is 0.810. The third-order valence-electron chi connectivity index (χ3n) is 1.97. The Morgan fingerprint density at radius 3 is 2.87 bits per heavy atom. The molecule has 0 aliphatic rings. The Balaban J connectivity index is 2.19. The van der Waals surface area contributed by atoms with Gasteiger partial charge in [0.1, 0.15) is 11.2 Å². The number of nitrogens with one attached hydrogen (secondary N) is 1. The van der Waals surface area contributed by atoms with E-state index in [9.17, 15) is 0 Å². The van der Waals surface area contributed by atoms with E-state index in [2.05, 4.69) is 29.9 Å². The largest absolute Gasteiger partial charge is 0.342 e. The minimum absolute atomic E-state index is 0.530. The molecule has 0 bridgehead atoms. The molecule has 0 atom stereocenters.